The number of anilines is 1. The van der Waals surface area contributed by atoms with Gasteiger partial charge in [0.15, 0.2) is 0 Å². The van der Waals surface area contributed by atoms with Gasteiger partial charge in [-0.15, -0.1) is 0 Å². The molecule has 0 radical (unpaired) electrons. The van der Waals surface area contributed by atoms with Crippen LogP contribution in [0.5, 0.6) is 0 Å². The molecule has 0 aliphatic rings. The van der Waals surface area contributed by atoms with Crippen LogP contribution >= 0.6 is 0 Å². The normalized spacial score (nSPS) is 11.4. The predicted octanol–water partition coefficient (Wildman–Crippen LogP) is 2.40. The summed E-state index contributed by atoms with van der Waals surface area (Å²) in [7, 11) is -3.78. The number of nitrogens with one attached hydrogen (secondary N) is 1. The monoisotopic (exact) mass is 587 g/mol. The lowest BCUT2D eigenvalue weighted by atomic mass is 10.2. The van der Waals surface area contributed by atoms with Gasteiger partial charge in [-0.2, -0.15) is 8.42 Å². The molecular formula is C24H33N3O12S. The first kappa shape index (κ1) is 33.0. The van der Waals surface area contributed by atoms with Gasteiger partial charge >= 0.3 is 0 Å². The second kappa shape index (κ2) is 18.9. The molecule has 0 aromatic heterocycles. The summed E-state index contributed by atoms with van der Waals surface area (Å²) < 4.78 is 55.6. The molecule has 0 heterocycles. The van der Waals surface area contributed by atoms with Gasteiger partial charge in [-0.1, -0.05) is 18.2 Å². The van der Waals surface area contributed by atoms with E-state index in [1.54, 1.807) is 18.2 Å². The highest BCUT2D eigenvalue weighted by atomic mass is 32.2. The van der Waals surface area contributed by atoms with Crippen molar-refractivity contribution < 1.29 is 46.1 Å². The quantitative estimate of drug-likeness (QED) is 0.0864. The van der Waals surface area contributed by atoms with Crippen molar-refractivity contribution >= 4 is 27.2 Å². The molecular weight excluding hydrogens is 554 g/mol. The van der Waals surface area contributed by atoms with E-state index in [9.17, 15) is 28.6 Å². The lowest BCUT2D eigenvalue weighted by molar-refractivity contribution is -0.393. The zero-order valence-electron chi connectivity index (χ0n) is 21.8. The summed E-state index contributed by atoms with van der Waals surface area (Å²) in [6.45, 7) is 3.31. The second-order valence-corrected chi connectivity index (χ2v) is 9.41. The Bertz CT molecular complexity index is 1140. The largest absolute Gasteiger partial charge is 0.377 e. The highest BCUT2D eigenvalue weighted by molar-refractivity contribution is 7.86. The fourth-order valence-corrected chi connectivity index (χ4v) is 3.95. The number of nitro benzene ring substituents is 2. The lowest BCUT2D eigenvalue weighted by Gasteiger charge is -2.09. The van der Waals surface area contributed by atoms with Crippen LogP contribution in [0.15, 0.2) is 53.4 Å². The van der Waals surface area contributed by atoms with Crippen LogP contribution in [-0.2, 0) is 38.0 Å². The van der Waals surface area contributed by atoms with Crippen LogP contribution in [0.4, 0.5) is 17.1 Å². The summed E-state index contributed by atoms with van der Waals surface area (Å²) in [6, 6.07) is 11.3. The highest BCUT2D eigenvalue weighted by Gasteiger charge is 2.19. The van der Waals surface area contributed by atoms with E-state index in [4.69, 9.17) is 27.9 Å². The number of nitrogens with zero attached hydrogens (tertiary/aromatic N) is 2. The van der Waals surface area contributed by atoms with E-state index < -0.39 is 20.0 Å². The Morgan fingerprint density at radius 3 is 1.65 bits per heavy atom. The maximum atomic E-state index is 11.9. The standard InChI is InChI=1S/C24H33N3O12S/c28-26(29)21-6-7-23(24(20-21)27(30)31)25-8-9-34-10-11-35-12-13-36-14-15-37-16-17-38-18-19-39-40(32,33)22-4-2-1-3-5-22/h1-7,20,25H,8-19H2. The fourth-order valence-electron chi connectivity index (χ4n) is 3.03. The summed E-state index contributed by atoms with van der Waals surface area (Å²) >= 11 is 0. The molecule has 0 saturated heterocycles. The number of nitro groups is 2. The van der Waals surface area contributed by atoms with Gasteiger partial charge in [-0.25, -0.2) is 0 Å². The minimum Gasteiger partial charge on any atom is -0.377 e. The average molecular weight is 588 g/mol. The number of hydrogen-bond donors (Lipinski definition) is 1. The minimum absolute atomic E-state index is 0.0881. The molecule has 0 spiro atoms. The molecule has 0 fully saturated rings. The predicted molar refractivity (Wildman–Crippen MR) is 142 cm³/mol. The number of benzene rings is 2. The van der Waals surface area contributed by atoms with Gasteiger partial charge in [-0.05, 0) is 18.2 Å². The van der Waals surface area contributed by atoms with Crippen molar-refractivity contribution in [3.8, 4) is 0 Å². The molecule has 15 nitrogen and oxygen atoms in total. The second-order valence-electron chi connectivity index (χ2n) is 7.79. The van der Waals surface area contributed by atoms with E-state index in [1.165, 1.54) is 24.3 Å². The molecule has 222 valence electrons. The number of hydrogen-bond acceptors (Lipinski definition) is 13. The Kier molecular flexibility index (Phi) is 15.6. The van der Waals surface area contributed by atoms with Gasteiger partial charge < -0.3 is 29.0 Å². The summed E-state index contributed by atoms with van der Waals surface area (Å²) in [5.41, 5.74) is -0.562. The molecule has 0 bridgehead atoms. The Morgan fingerprint density at radius 1 is 0.650 bits per heavy atom. The van der Waals surface area contributed by atoms with Crippen LogP contribution in [-0.4, -0.2) is 97.5 Å². The van der Waals surface area contributed by atoms with Crippen molar-refractivity contribution in [1.82, 2.24) is 0 Å². The van der Waals surface area contributed by atoms with Crippen molar-refractivity contribution in [2.45, 2.75) is 4.90 Å². The Labute approximate surface area is 231 Å². The van der Waals surface area contributed by atoms with Crippen LogP contribution in [0.1, 0.15) is 0 Å². The lowest BCUT2D eigenvalue weighted by Crippen LogP contribution is -2.16. The summed E-state index contributed by atoms with van der Waals surface area (Å²) in [5, 5.41) is 24.7. The smallest absolute Gasteiger partial charge is 0.299 e. The first-order valence-electron chi connectivity index (χ1n) is 12.3. The van der Waals surface area contributed by atoms with Crippen LogP contribution in [0.3, 0.4) is 0 Å². The van der Waals surface area contributed by atoms with Gasteiger partial charge in [-0.3, -0.25) is 24.4 Å². The third-order valence-electron chi connectivity index (χ3n) is 4.94. The highest BCUT2D eigenvalue weighted by Crippen LogP contribution is 2.28. The first-order chi connectivity index (χ1) is 19.3. The molecule has 0 amide bonds. The molecule has 2 rings (SSSR count). The van der Waals surface area contributed by atoms with Crippen LogP contribution in [0, 0.1) is 20.2 Å². The van der Waals surface area contributed by atoms with Crippen molar-refractivity contribution in [3.63, 3.8) is 0 Å². The van der Waals surface area contributed by atoms with Crippen LogP contribution in [0.25, 0.3) is 0 Å². The van der Waals surface area contributed by atoms with Crippen molar-refractivity contribution in [1.29, 1.82) is 0 Å². The third-order valence-corrected chi connectivity index (χ3v) is 6.26. The van der Waals surface area contributed by atoms with E-state index in [0.29, 0.717) is 46.2 Å². The van der Waals surface area contributed by atoms with Crippen molar-refractivity contribution in [2.24, 2.45) is 0 Å². The Balaban J connectivity index is 1.35. The van der Waals surface area contributed by atoms with Gasteiger partial charge in [0.1, 0.15) is 5.69 Å². The zero-order chi connectivity index (χ0) is 29.1. The molecule has 2 aromatic carbocycles. The zero-order valence-corrected chi connectivity index (χ0v) is 22.6. The van der Waals surface area contributed by atoms with Gasteiger partial charge in [0, 0.05) is 12.6 Å². The van der Waals surface area contributed by atoms with Crippen LogP contribution in [0.2, 0.25) is 0 Å². The average Bonchev–Trinajstić information content (AvgIpc) is 2.94. The molecule has 0 unspecified atom stereocenters. The molecule has 16 heteroatoms. The molecule has 0 aliphatic heterocycles. The van der Waals surface area contributed by atoms with E-state index in [1.807, 2.05) is 0 Å². The molecule has 0 saturated carbocycles. The van der Waals surface area contributed by atoms with Crippen LogP contribution < -0.4 is 5.32 Å². The molecule has 1 N–H and O–H groups in total. The number of ether oxygens (including phenoxy) is 5. The molecule has 0 aliphatic carbocycles. The number of non-ortho nitro benzene ring substituents is 1. The summed E-state index contributed by atoms with van der Waals surface area (Å²) in [6.07, 6.45) is 0. The SMILES string of the molecule is O=[N+]([O-])c1ccc(NCCOCCOCCOCCOCCOCCOS(=O)(=O)c2ccccc2)c([N+](=O)[O-])c1. The van der Waals surface area contributed by atoms with Gasteiger partial charge in [0.05, 0.1) is 93.5 Å². The Morgan fingerprint density at radius 2 is 1.15 bits per heavy atom. The Hall–Kier alpha value is -3.25. The molecule has 40 heavy (non-hydrogen) atoms. The van der Waals surface area contributed by atoms with E-state index in [0.717, 1.165) is 6.07 Å². The van der Waals surface area contributed by atoms with Gasteiger partial charge in [0.25, 0.3) is 21.5 Å². The number of rotatable bonds is 23. The summed E-state index contributed by atoms with van der Waals surface area (Å²) in [4.78, 5) is 20.6. The van der Waals surface area contributed by atoms with E-state index in [2.05, 4.69) is 5.32 Å². The maximum Gasteiger partial charge on any atom is 0.299 e. The molecule has 0 atom stereocenters. The van der Waals surface area contributed by atoms with Gasteiger partial charge in [0.2, 0.25) is 0 Å². The summed E-state index contributed by atoms with van der Waals surface area (Å²) in [5.74, 6) is 0. The van der Waals surface area contributed by atoms with Crippen molar-refractivity contribution in [3.05, 3.63) is 68.8 Å². The third kappa shape index (κ3) is 13.2. The fraction of sp³-hybridized carbons (Fsp3) is 0.500. The molecule has 2 aromatic rings. The van der Waals surface area contributed by atoms with Crippen molar-refractivity contribution in [2.75, 3.05) is 84.5 Å². The minimum atomic E-state index is -3.78. The van der Waals surface area contributed by atoms with E-state index in [-0.39, 0.29) is 54.9 Å². The maximum absolute atomic E-state index is 11.9. The van der Waals surface area contributed by atoms with E-state index >= 15 is 0 Å². The first-order valence-corrected chi connectivity index (χ1v) is 13.7. The topological polar surface area (TPSA) is 188 Å².